The molecule has 0 fully saturated rings. The molecule has 2 rings (SSSR count). The van der Waals surface area contributed by atoms with Crippen LogP contribution in [0.3, 0.4) is 0 Å². The van der Waals surface area contributed by atoms with Crippen LogP contribution < -0.4 is 5.32 Å². The first-order valence-electron chi connectivity index (χ1n) is 5.68. The van der Waals surface area contributed by atoms with E-state index in [4.69, 9.17) is 5.11 Å². The van der Waals surface area contributed by atoms with Gasteiger partial charge in [-0.15, -0.1) is 0 Å². The number of halogens is 3. The molecule has 7 heteroatoms. The van der Waals surface area contributed by atoms with E-state index in [1.807, 2.05) is 22.6 Å². The van der Waals surface area contributed by atoms with Gasteiger partial charge in [-0.05, 0) is 68.9 Å². The Hall–Kier alpha value is -1.48. The van der Waals surface area contributed by atoms with Crippen molar-refractivity contribution in [2.75, 3.05) is 5.32 Å². The molecule has 0 aliphatic carbocycles. The second-order valence-electron chi connectivity index (χ2n) is 4.05. The van der Waals surface area contributed by atoms with Crippen molar-refractivity contribution >= 4 is 56.1 Å². The predicted octanol–water partition coefficient (Wildman–Crippen LogP) is 4.14. The second-order valence-corrected chi connectivity index (χ2v) is 6.09. The van der Waals surface area contributed by atoms with E-state index in [2.05, 4.69) is 21.2 Å². The van der Waals surface area contributed by atoms with Gasteiger partial charge in [-0.2, -0.15) is 0 Å². The highest BCUT2D eigenvalue weighted by atomic mass is 127. The first-order valence-corrected chi connectivity index (χ1v) is 7.55. The van der Waals surface area contributed by atoms with Gasteiger partial charge in [0.05, 0.1) is 21.3 Å². The van der Waals surface area contributed by atoms with Crippen LogP contribution in [0.2, 0.25) is 0 Å². The molecule has 0 aliphatic rings. The zero-order valence-corrected chi connectivity index (χ0v) is 14.1. The summed E-state index contributed by atoms with van der Waals surface area (Å²) in [4.78, 5) is 23.3. The third-order valence-corrected chi connectivity index (χ3v) is 4.13. The van der Waals surface area contributed by atoms with Gasteiger partial charge in [-0.25, -0.2) is 9.18 Å². The molecular weight excluding hydrogens is 456 g/mol. The lowest BCUT2D eigenvalue weighted by Gasteiger charge is -2.10. The Balaban J connectivity index is 2.36. The van der Waals surface area contributed by atoms with Crippen LogP contribution in [0.15, 0.2) is 40.9 Å². The Morgan fingerprint density at radius 3 is 2.57 bits per heavy atom. The van der Waals surface area contributed by atoms with E-state index in [0.29, 0.717) is 0 Å². The number of benzene rings is 2. The summed E-state index contributed by atoms with van der Waals surface area (Å²) in [6.45, 7) is 0. The van der Waals surface area contributed by atoms with Crippen molar-refractivity contribution in [3.8, 4) is 0 Å². The van der Waals surface area contributed by atoms with E-state index in [0.717, 1.165) is 3.57 Å². The highest BCUT2D eigenvalue weighted by molar-refractivity contribution is 14.1. The molecule has 21 heavy (non-hydrogen) atoms. The molecule has 0 unspecified atom stereocenters. The number of hydrogen-bond donors (Lipinski definition) is 2. The predicted molar refractivity (Wildman–Crippen MR) is 88.2 cm³/mol. The highest BCUT2D eigenvalue weighted by Gasteiger charge is 2.17. The minimum atomic E-state index is -1.15. The quantitative estimate of drug-likeness (QED) is 0.672. The van der Waals surface area contributed by atoms with Gasteiger partial charge in [-0.1, -0.05) is 6.07 Å². The van der Waals surface area contributed by atoms with E-state index in [9.17, 15) is 14.0 Å². The molecule has 108 valence electrons. The number of carbonyl (C=O) groups excluding carboxylic acids is 1. The summed E-state index contributed by atoms with van der Waals surface area (Å²) in [6, 6.07) is 8.67. The molecule has 0 saturated carbocycles. The SMILES string of the molecule is O=C(O)c1cc(I)ccc1NC(=O)c1cccc(F)c1Br. The van der Waals surface area contributed by atoms with Crippen molar-refractivity contribution in [3.63, 3.8) is 0 Å². The van der Waals surface area contributed by atoms with Gasteiger partial charge in [0, 0.05) is 3.57 Å². The lowest BCUT2D eigenvalue weighted by molar-refractivity contribution is 0.0698. The molecule has 0 atom stereocenters. The molecule has 2 aromatic rings. The maximum atomic E-state index is 13.4. The third kappa shape index (κ3) is 3.59. The Morgan fingerprint density at radius 1 is 1.19 bits per heavy atom. The van der Waals surface area contributed by atoms with Crippen LogP contribution >= 0.6 is 38.5 Å². The monoisotopic (exact) mass is 463 g/mol. The van der Waals surface area contributed by atoms with Crippen molar-refractivity contribution < 1.29 is 19.1 Å². The summed E-state index contributed by atoms with van der Waals surface area (Å²) in [6.07, 6.45) is 0. The number of carboxylic acid groups (broad SMARTS) is 1. The summed E-state index contributed by atoms with van der Waals surface area (Å²) in [7, 11) is 0. The van der Waals surface area contributed by atoms with Crippen LogP contribution in [0.1, 0.15) is 20.7 Å². The van der Waals surface area contributed by atoms with Gasteiger partial charge in [0.25, 0.3) is 5.91 Å². The van der Waals surface area contributed by atoms with Crippen molar-refractivity contribution in [2.45, 2.75) is 0 Å². The van der Waals surface area contributed by atoms with Gasteiger partial charge in [0.2, 0.25) is 0 Å². The molecule has 2 N–H and O–H groups in total. The molecule has 2 aromatic carbocycles. The Labute approximate surface area is 141 Å². The number of carboxylic acids is 1. The number of hydrogen-bond acceptors (Lipinski definition) is 2. The lowest BCUT2D eigenvalue weighted by Crippen LogP contribution is -2.15. The number of nitrogens with one attached hydrogen (secondary N) is 1. The highest BCUT2D eigenvalue weighted by Crippen LogP contribution is 2.24. The largest absolute Gasteiger partial charge is 0.478 e. The maximum Gasteiger partial charge on any atom is 0.337 e. The maximum absolute atomic E-state index is 13.4. The number of amides is 1. The zero-order valence-electron chi connectivity index (χ0n) is 10.4. The minimum absolute atomic E-state index is 0.0252. The van der Waals surface area contributed by atoms with E-state index in [1.54, 1.807) is 6.07 Å². The summed E-state index contributed by atoms with van der Waals surface area (Å²) in [5.41, 5.74) is 0.219. The van der Waals surface area contributed by atoms with Crippen LogP contribution in [0, 0.1) is 9.39 Å². The average Bonchev–Trinajstić information content (AvgIpc) is 2.43. The third-order valence-electron chi connectivity index (χ3n) is 2.66. The number of carbonyl (C=O) groups is 2. The van der Waals surface area contributed by atoms with Gasteiger partial charge < -0.3 is 10.4 Å². The molecule has 0 bridgehead atoms. The zero-order chi connectivity index (χ0) is 15.6. The smallest absolute Gasteiger partial charge is 0.337 e. The van der Waals surface area contributed by atoms with Crippen molar-refractivity contribution in [2.24, 2.45) is 0 Å². The summed E-state index contributed by atoms with van der Waals surface area (Å²) in [5.74, 6) is -2.31. The van der Waals surface area contributed by atoms with Gasteiger partial charge >= 0.3 is 5.97 Å². The molecule has 0 heterocycles. The normalized spacial score (nSPS) is 10.2. The topological polar surface area (TPSA) is 66.4 Å². The van der Waals surface area contributed by atoms with Gasteiger partial charge in [-0.3, -0.25) is 4.79 Å². The standard InChI is InChI=1S/C14H8BrFINO3/c15-12-8(2-1-3-10(12)16)13(19)18-11-5-4-7(17)6-9(11)14(20)21/h1-6H,(H,18,19)(H,20,21). The number of rotatable bonds is 3. The summed E-state index contributed by atoms with van der Waals surface area (Å²) >= 11 is 4.98. The van der Waals surface area contributed by atoms with E-state index >= 15 is 0 Å². The molecule has 0 aromatic heterocycles. The van der Waals surface area contributed by atoms with Crippen LogP contribution in [0.25, 0.3) is 0 Å². The molecule has 4 nitrogen and oxygen atoms in total. The van der Waals surface area contributed by atoms with Crippen LogP contribution in [-0.2, 0) is 0 Å². The van der Waals surface area contributed by atoms with Gasteiger partial charge in [0.15, 0.2) is 0 Å². The minimum Gasteiger partial charge on any atom is -0.478 e. The van der Waals surface area contributed by atoms with Gasteiger partial charge in [0.1, 0.15) is 5.82 Å². The second kappa shape index (κ2) is 6.52. The summed E-state index contributed by atoms with van der Waals surface area (Å²) < 4.78 is 14.2. The van der Waals surface area contributed by atoms with E-state index in [-0.39, 0.29) is 21.3 Å². The first kappa shape index (κ1) is 15.9. The number of aromatic carboxylic acids is 1. The lowest BCUT2D eigenvalue weighted by atomic mass is 10.1. The Morgan fingerprint density at radius 2 is 1.90 bits per heavy atom. The van der Waals surface area contributed by atoms with Crippen molar-refractivity contribution in [1.82, 2.24) is 0 Å². The summed E-state index contributed by atoms with van der Waals surface area (Å²) in [5, 5.41) is 11.6. The fraction of sp³-hybridized carbons (Fsp3) is 0. The van der Waals surface area contributed by atoms with Crippen LogP contribution in [-0.4, -0.2) is 17.0 Å². The average molecular weight is 464 g/mol. The van der Waals surface area contributed by atoms with Crippen LogP contribution in [0.5, 0.6) is 0 Å². The molecule has 0 radical (unpaired) electrons. The molecular formula is C14H8BrFINO3. The van der Waals surface area contributed by atoms with E-state index < -0.39 is 17.7 Å². The van der Waals surface area contributed by atoms with Crippen molar-refractivity contribution in [3.05, 3.63) is 61.4 Å². The fourth-order valence-electron chi connectivity index (χ4n) is 1.67. The first-order chi connectivity index (χ1) is 9.90. The molecule has 0 saturated heterocycles. The van der Waals surface area contributed by atoms with Crippen LogP contribution in [0.4, 0.5) is 10.1 Å². The number of anilines is 1. The molecule has 0 spiro atoms. The Kier molecular flexibility index (Phi) is 4.94. The van der Waals surface area contributed by atoms with Crippen molar-refractivity contribution in [1.29, 1.82) is 0 Å². The Bertz CT molecular complexity index is 736. The molecule has 0 aliphatic heterocycles. The van der Waals surface area contributed by atoms with E-state index in [1.165, 1.54) is 30.3 Å². The fourth-order valence-corrected chi connectivity index (χ4v) is 2.61. The molecule has 1 amide bonds.